The van der Waals surface area contributed by atoms with E-state index in [0.717, 1.165) is 43.9 Å². The minimum absolute atomic E-state index is 0.173. The van der Waals surface area contributed by atoms with Crippen LogP contribution in [0.1, 0.15) is 24.1 Å². The fourth-order valence-corrected chi connectivity index (χ4v) is 2.78. The van der Waals surface area contributed by atoms with Gasteiger partial charge in [0.05, 0.1) is 17.5 Å². The summed E-state index contributed by atoms with van der Waals surface area (Å²) in [5.74, 6) is 0. The van der Waals surface area contributed by atoms with E-state index in [-0.39, 0.29) is 6.10 Å². The number of nitrogens with zero attached hydrogens (tertiary/aromatic N) is 3. The molecule has 4 heteroatoms. The molecule has 106 valence electrons. The van der Waals surface area contributed by atoms with E-state index >= 15 is 0 Å². The normalized spacial score (nSPS) is 20.2. The van der Waals surface area contributed by atoms with E-state index in [4.69, 9.17) is 0 Å². The first kappa shape index (κ1) is 13.3. The molecule has 2 heterocycles. The Bertz CT molecular complexity index is 564. The molecule has 4 nitrogen and oxygen atoms in total. The quantitative estimate of drug-likeness (QED) is 0.930. The van der Waals surface area contributed by atoms with E-state index in [1.54, 1.807) is 0 Å². The first-order valence-electron chi connectivity index (χ1n) is 7.23. The summed E-state index contributed by atoms with van der Waals surface area (Å²) in [7, 11) is 0. The van der Waals surface area contributed by atoms with Crippen molar-refractivity contribution in [1.82, 2.24) is 14.7 Å². The van der Waals surface area contributed by atoms with E-state index in [2.05, 4.69) is 35.3 Å². The van der Waals surface area contributed by atoms with Crippen molar-refractivity contribution in [3.63, 3.8) is 0 Å². The lowest BCUT2D eigenvalue weighted by molar-refractivity contribution is 0.0667. The van der Waals surface area contributed by atoms with Gasteiger partial charge < -0.3 is 5.11 Å². The Balaban J connectivity index is 1.76. The molecule has 0 radical (unpaired) electrons. The standard InChI is InChI=1S/C16H21N3O/c1-13-14(10-18-9-5-8-16(20)12-18)11-19(17-13)15-6-3-2-4-7-15/h2-4,6-7,11,16,20H,5,8-10,12H2,1H3. The third kappa shape index (κ3) is 2.92. The average molecular weight is 271 g/mol. The molecule has 20 heavy (non-hydrogen) atoms. The van der Waals surface area contributed by atoms with Gasteiger partial charge in [0, 0.05) is 24.8 Å². The molecular weight excluding hydrogens is 250 g/mol. The van der Waals surface area contributed by atoms with Gasteiger partial charge in [-0.3, -0.25) is 4.90 Å². The number of rotatable bonds is 3. The minimum Gasteiger partial charge on any atom is -0.392 e. The first-order valence-corrected chi connectivity index (χ1v) is 7.23. The van der Waals surface area contributed by atoms with Crippen LogP contribution in [0.25, 0.3) is 5.69 Å². The van der Waals surface area contributed by atoms with Crippen LogP contribution in [-0.4, -0.2) is 39.0 Å². The van der Waals surface area contributed by atoms with Crippen molar-refractivity contribution in [1.29, 1.82) is 0 Å². The molecule has 1 N–H and O–H groups in total. The molecule has 1 saturated heterocycles. The largest absolute Gasteiger partial charge is 0.392 e. The van der Waals surface area contributed by atoms with Crippen LogP contribution in [0, 0.1) is 6.92 Å². The van der Waals surface area contributed by atoms with Crippen molar-refractivity contribution < 1.29 is 5.11 Å². The van der Waals surface area contributed by atoms with Crippen LogP contribution < -0.4 is 0 Å². The molecule has 1 aliphatic rings. The minimum atomic E-state index is -0.173. The highest BCUT2D eigenvalue weighted by Crippen LogP contribution is 2.17. The zero-order chi connectivity index (χ0) is 13.9. The Kier molecular flexibility index (Phi) is 3.85. The zero-order valence-corrected chi connectivity index (χ0v) is 11.9. The SMILES string of the molecule is Cc1nn(-c2ccccc2)cc1CN1CCCC(O)C1. The summed E-state index contributed by atoms with van der Waals surface area (Å²) in [6.07, 6.45) is 3.94. The monoisotopic (exact) mass is 271 g/mol. The van der Waals surface area contributed by atoms with Gasteiger partial charge in [-0.2, -0.15) is 5.10 Å². The summed E-state index contributed by atoms with van der Waals surface area (Å²) in [5.41, 5.74) is 3.39. The number of hydrogen-bond acceptors (Lipinski definition) is 3. The summed E-state index contributed by atoms with van der Waals surface area (Å²) in [6.45, 7) is 4.76. The first-order chi connectivity index (χ1) is 9.72. The molecule has 0 saturated carbocycles. The van der Waals surface area contributed by atoms with Crippen LogP contribution in [0.2, 0.25) is 0 Å². The topological polar surface area (TPSA) is 41.3 Å². The maximum Gasteiger partial charge on any atom is 0.0667 e. The molecule has 1 aliphatic heterocycles. The molecule has 1 aromatic carbocycles. The van der Waals surface area contributed by atoms with Gasteiger partial charge in [-0.1, -0.05) is 18.2 Å². The van der Waals surface area contributed by atoms with E-state index in [1.807, 2.05) is 22.9 Å². The summed E-state index contributed by atoms with van der Waals surface area (Å²) < 4.78 is 1.94. The smallest absolute Gasteiger partial charge is 0.0667 e. The molecule has 3 rings (SSSR count). The van der Waals surface area contributed by atoms with Crippen molar-refractivity contribution in [2.24, 2.45) is 0 Å². The fourth-order valence-electron chi connectivity index (χ4n) is 2.78. The summed E-state index contributed by atoms with van der Waals surface area (Å²) in [4.78, 5) is 2.31. The van der Waals surface area contributed by atoms with Crippen molar-refractivity contribution in [2.75, 3.05) is 13.1 Å². The zero-order valence-electron chi connectivity index (χ0n) is 11.9. The predicted octanol–water partition coefficient (Wildman–Crippen LogP) is 2.14. The lowest BCUT2D eigenvalue weighted by atomic mass is 10.1. The molecule has 1 fully saturated rings. The predicted molar refractivity (Wildman–Crippen MR) is 78.8 cm³/mol. The second-order valence-corrected chi connectivity index (χ2v) is 5.55. The van der Waals surface area contributed by atoms with Gasteiger partial charge in [-0.15, -0.1) is 0 Å². The Labute approximate surface area is 119 Å². The average Bonchev–Trinajstić information content (AvgIpc) is 2.81. The highest BCUT2D eigenvalue weighted by molar-refractivity contribution is 5.32. The fraction of sp³-hybridized carbons (Fsp3) is 0.438. The molecule has 0 aliphatic carbocycles. The van der Waals surface area contributed by atoms with Crippen LogP contribution in [0.5, 0.6) is 0 Å². The Morgan fingerprint density at radius 1 is 1.30 bits per heavy atom. The Morgan fingerprint density at radius 3 is 2.85 bits per heavy atom. The Morgan fingerprint density at radius 2 is 2.10 bits per heavy atom. The number of hydrogen-bond donors (Lipinski definition) is 1. The number of β-amino-alcohol motifs (C(OH)–C–C–N with tert-alkyl or cyclic N) is 1. The van der Waals surface area contributed by atoms with Crippen molar-refractivity contribution in [3.05, 3.63) is 47.8 Å². The Hall–Kier alpha value is -1.65. The third-order valence-electron chi connectivity index (χ3n) is 3.90. The summed E-state index contributed by atoms with van der Waals surface area (Å²) in [6, 6.07) is 10.2. The van der Waals surface area contributed by atoms with Crippen LogP contribution in [0.3, 0.4) is 0 Å². The molecule has 1 atom stereocenters. The maximum absolute atomic E-state index is 9.75. The number of aromatic nitrogens is 2. The van der Waals surface area contributed by atoms with Crippen molar-refractivity contribution >= 4 is 0 Å². The lowest BCUT2D eigenvalue weighted by Crippen LogP contribution is -2.37. The molecule has 0 bridgehead atoms. The third-order valence-corrected chi connectivity index (χ3v) is 3.90. The van der Waals surface area contributed by atoms with Gasteiger partial charge in [0.15, 0.2) is 0 Å². The molecule has 0 amide bonds. The van der Waals surface area contributed by atoms with Crippen LogP contribution >= 0.6 is 0 Å². The van der Waals surface area contributed by atoms with Gasteiger partial charge >= 0.3 is 0 Å². The highest BCUT2D eigenvalue weighted by Gasteiger charge is 2.19. The number of likely N-dealkylation sites (tertiary alicyclic amines) is 1. The highest BCUT2D eigenvalue weighted by atomic mass is 16.3. The van der Waals surface area contributed by atoms with E-state index in [0.29, 0.717) is 0 Å². The number of aryl methyl sites for hydroxylation is 1. The number of piperidine rings is 1. The van der Waals surface area contributed by atoms with Crippen LogP contribution in [0.4, 0.5) is 0 Å². The van der Waals surface area contributed by atoms with Crippen molar-refractivity contribution in [3.8, 4) is 5.69 Å². The molecule has 0 spiro atoms. The number of aliphatic hydroxyl groups is 1. The second-order valence-electron chi connectivity index (χ2n) is 5.55. The number of benzene rings is 1. The molecule has 1 aromatic heterocycles. The van der Waals surface area contributed by atoms with E-state index < -0.39 is 0 Å². The molecular formula is C16H21N3O. The van der Waals surface area contributed by atoms with Gasteiger partial charge in [0.1, 0.15) is 0 Å². The second kappa shape index (κ2) is 5.77. The van der Waals surface area contributed by atoms with Gasteiger partial charge in [0.25, 0.3) is 0 Å². The number of aliphatic hydroxyl groups excluding tert-OH is 1. The van der Waals surface area contributed by atoms with Crippen molar-refractivity contribution in [2.45, 2.75) is 32.4 Å². The van der Waals surface area contributed by atoms with Gasteiger partial charge in [-0.25, -0.2) is 4.68 Å². The van der Waals surface area contributed by atoms with Gasteiger partial charge in [0.2, 0.25) is 0 Å². The molecule has 1 unspecified atom stereocenters. The lowest BCUT2D eigenvalue weighted by Gasteiger charge is -2.29. The number of para-hydroxylation sites is 1. The van der Waals surface area contributed by atoms with Gasteiger partial charge in [-0.05, 0) is 38.4 Å². The van der Waals surface area contributed by atoms with Crippen LogP contribution in [-0.2, 0) is 6.54 Å². The summed E-state index contributed by atoms with van der Waals surface area (Å²) >= 11 is 0. The van der Waals surface area contributed by atoms with Crippen LogP contribution in [0.15, 0.2) is 36.5 Å². The summed E-state index contributed by atoms with van der Waals surface area (Å²) in [5, 5.41) is 14.3. The van der Waals surface area contributed by atoms with E-state index in [9.17, 15) is 5.11 Å². The maximum atomic E-state index is 9.75. The molecule has 2 aromatic rings. The van der Waals surface area contributed by atoms with E-state index in [1.165, 1.54) is 5.56 Å².